The highest BCUT2D eigenvalue weighted by atomic mass is 19.1. The second-order valence-corrected chi connectivity index (χ2v) is 5.65. The molecule has 20 heavy (non-hydrogen) atoms. The van der Waals surface area contributed by atoms with Gasteiger partial charge in [-0.3, -0.25) is 9.59 Å². The third-order valence-corrected chi connectivity index (χ3v) is 4.45. The third-order valence-electron chi connectivity index (χ3n) is 4.45. The van der Waals surface area contributed by atoms with E-state index in [0.717, 1.165) is 19.3 Å². The van der Waals surface area contributed by atoms with Crippen LogP contribution in [0.5, 0.6) is 0 Å². The Labute approximate surface area is 117 Å². The van der Waals surface area contributed by atoms with E-state index in [2.05, 4.69) is 0 Å². The van der Waals surface area contributed by atoms with E-state index in [1.807, 2.05) is 6.92 Å². The van der Waals surface area contributed by atoms with Crippen LogP contribution in [-0.4, -0.2) is 18.2 Å². The van der Waals surface area contributed by atoms with Gasteiger partial charge in [0.05, 0.1) is 0 Å². The molecule has 1 heterocycles. The van der Waals surface area contributed by atoms with Crippen molar-refractivity contribution in [3.8, 4) is 0 Å². The smallest absolute Gasteiger partial charge is 0.245 e. The molecule has 1 unspecified atom stereocenters. The Morgan fingerprint density at radius 3 is 2.80 bits per heavy atom. The number of ketones is 1. The molecule has 1 aliphatic heterocycles. The van der Waals surface area contributed by atoms with Crippen LogP contribution in [-0.2, 0) is 15.0 Å². The highest BCUT2D eigenvalue weighted by Gasteiger charge is 2.56. The number of halogens is 1. The van der Waals surface area contributed by atoms with Crippen LogP contribution >= 0.6 is 0 Å². The second-order valence-electron chi connectivity index (χ2n) is 5.65. The van der Waals surface area contributed by atoms with E-state index < -0.39 is 5.41 Å². The molecule has 1 aliphatic carbocycles. The predicted molar refractivity (Wildman–Crippen MR) is 74.2 cm³/mol. The molecule has 3 nitrogen and oxygen atoms in total. The molecule has 1 atom stereocenters. The zero-order chi connectivity index (χ0) is 14.3. The number of fused-ring (bicyclic) bond motifs is 2. The standard InChI is InChI=1S/C16H18FNO2/c1-2-9-18-13-7-6-11(17)10-12(13)16(15(18)20)8-4-3-5-14(16)19/h6-7,10H,2-5,8-9H2,1H3. The van der Waals surface area contributed by atoms with E-state index >= 15 is 0 Å². The summed E-state index contributed by atoms with van der Waals surface area (Å²) in [5.41, 5.74) is 0.194. The Bertz CT molecular complexity index is 584. The second kappa shape index (κ2) is 4.69. The van der Waals surface area contributed by atoms with Gasteiger partial charge in [0, 0.05) is 24.2 Å². The molecule has 1 spiro atoms. The van der Waals surface area contributed by atoms with Crippen LogP contribution < -0.4 is 4.90 Å². The van der Waals surface area contributed by atoms with Gasteiger partial charge < -0.3 is 4.90 Å². The largest absolute Gasteiger partial charge is 0.311 e. The van der Waals surface area contributed by atoms with E-state index in [1.165, 1.54) is 12.1 Å². The number of benzene rings is 1. The Balaban J connectivity index is 2.19. The van der Waals surface area contributed by atoms with Crippen molar-refractivity contribution in [3.05, 3.63) is 29.6 Å². The van der Waals surface area contributed by atoms with E-state index in [0.29, 0.717) is 30.6 Å². The number of rotatable bonds is 2. The fourth-order valence-electron chi connectivity index (χ4n) is 3.53. The van der Waals surface area contributed by atoms with Gasteiger partial charge in [-0.15, -0.1) is 0 Å². The summed E-state index contributed by atoms with van der Waals surface area (Å²) >= 11 is 0. The predicted octanol–water partition coefficient (Wildman–Crippen LogP) is 2.96. The van der Waals surface area contributed by atoms with Crippen molar-refractivity contribution in [1.82, 2.24) is 0 Å². The first-order valence-corrected chi connectivity index (χ1v) is 7.26. The van der Waals surface area contributed by atoms with Gasteiger partial charge in [-0.05, 0) is 37.5 Å². The van der Waals surface area contributed by atoms with Crippen molar-refractivity contribution in [2.45, 2.75) is 44.4 Å². The molecular formula is C16H18FNO2. The summed E-state index contributed by atoms with van der Waals surface area (Å²) in [4.78, 5) is 27.0. The normalized spacial score (nSPS) is 25.4. The minimum Gasteiger partial charge on any atom is -0.311 e. The summed E-state index contributed by atoms with van der Waals surface area (Å²) < 4.78 is 13.6. The number of carbonyl (C=O) groups excluding carboxylic acids is 2. The molecule has 0 aromatic heterocycles. The first-order chi connectivity index (χ1) is 9.61. The molecule has 2 aliphatic rings. The molecule has 1 aromatic rings. The van der Waals surface area contributed by atoms with Gasteiger partial charge in [-0.2, -0.15) is 0 Å². The van der Waals surface area contributed by atoms with Crippen LogP contribution in [0.4, 0.5) is 10.1 Å². The fourth-order valence-corrected chi connectivity index (χ4v) is 3.53. The zero-order valence-electron chi connectivity index (χ0n) is 11.6. The number of Topliss-reactive ketones (excluding diaryl/α,β-unsaturated/α-hetero) is 1. The average molecular weight is 275 g/mol. The molecule has 0 N–H and O–H groups in total. The van der Waals surface area contributed by atoms with Gasteiger partial charge in [0.15, 0.2) is 5.78 Å². The highest BCUT2D eigenvalue weighted by Crippen LogP contribution is 2.48. The summed E-state index contributed by atoms with van der Waals surface area (Å²) in [6, 6.07) is 4.38. The monoisotopic (exact) mass is 275 g/mol. The van der Waals surface area contributed by atoms with Gasteiger partial charge >= 0.3 is 0 Å². The first-order valence-electron chi connectivity index (χ1n) is 7.26. The van der Waals surface area contributed by atoms with Gasteiger partial charge in [-0.1, -0.05) is 13.3 Å². The Morgan fingerprint density at radius 1 is 1.30 bits per heavy atom. The van der Waals surface area contributed by atoms with Crippen molar-refractivity contribution < 1.29 is 14.0 Å². The number of nitrogens with zero attached hydrogens (tertiary/aromatic N) is 1. The van der Waals surface area contributed by atoms with Crippen LogP contribution in [0.25, 0.3) is 0 Å². The summed E-state index contributed by atoms with van der Waals surface area (Å²) in [6.07, 6.45) is 3.41. The van der Waals surface area contributed by atoms with Gasteiger partial charge in [0.2, 0.25) is 5.91 Å². The van der Waals surface area contributed by atoms with Gasteiger partial charge in [0.1, 0.15) is 11.2 Å². The van der Waals surface area contributed by atoms with Crippen LogP contribution in [0.3, 0.4) is 0 Å². The molecule has 0 radical (unpaired) electrons. The highest BCUT2D eigenvalue weighted by molar-refractivity contribution is 6.22. The minimum atomic E-state index is -1.11. The number of hydrogen-bond donors (Lipinski definition) is 0. The molecule has 1 aromatic carbocycles. The maximum atomic E-state index is 13.6. The summed E-state index contributed by atoms with van der Waals surface area (Å²) in [5.74, 6) is -0.573. The fraction of sp³-hybridized carbons (Fsp3) is 0.500. The van der Waals surface area contributed by atoms with Gasteiger partial charge in [-0.25, -0.2) is 4.39 Å². The quantitative estimate of drug-likeness (QED) is 0.778. The Kier molecular flexibility index (Phi) is 3.11. The Morgan fingerprint density at radius 2 is 2.10 bits per heavy atom. The third kappa shape index (κ3) is 1.63. The Hall–Kier alpha value is -1.71. The molecule has 4 heteroatoms. The first kappa shape index (κ1) is 13.3. The molecule has 1 saturated carbocycles. The summed E-state index contributed by atoms with van der Waals surface area (Å²) in [5, 5.41) is 0. The van der Waals surface area contributed by atoms with Crippen molar-refractivity contribution in [2.24, 2.45) is 0 Å². The molecule has 1 amide bonds. The number of amides is 1. The van der Waals surface area contributed by atoms with Crippen LogP contribution in [0.2, 0.25) is 0 Å². The number of carbonyl (C=O) groups is 2. The lowest BCUT2D eigenvalue weighted by Crippen LogP contribution is -2.48. The lowest BCUT2D eigenvalue weighted by Gasteiger charge is -2.31. The van der Waals surface area contributed by atoms with E-state index in [4.69, 9.17) is 0 Å². The van der Waals surface area contributed by atoms with E-state index in [1.54, 1.807) is 11.0 Å². The van der Waals surface area contributed by atoms with Crippen LogP contribution in [0.15, 0.2) is 18.2 Å². The molecule has 1 fully saturated rings. The molecular weight excluding hydrogens is 257 g/mol. The SMILES string of the molecule is CCCN1C(=O)C2(CCCCC2=O)c2cc(F)ccc21. The maximum absolute atomic E-state index is 13.6. The number of anilines is 1. The number of hydrogen-bond acceptors (Lipinski definition) is 2. The zero-order valence-corrected chi connectivity index (χ0v) is 11.6. The lowest BCUT2D eigenvalue weighted by atomic mass is 9.69. The van der Waals surface area contributed by atoms with Crippen molar-refractivity contribution in [1.29, 1.82) is 0 Å². The lowest BCUT2D eigenvalue weighted by molar-refractivity contribution is -0.136. The summed E-state index contributed by atoms with van der Waals surface area (Å²) in [6.45, 7) is 2.57. The molecule has 3 rings (SSSR count). The molecule has 0 bridgehead atoms. The van der Waals surface area contributed by atoms with Crippen LogP contribution in [0.1, 0.15) is 44.6 Å². The molecule has 106 valence electrons. The van der Waals surface area contributed by atoms with Crippen LogP contribution in [0, 0.1) is 5.82 Å². The topological polar surface area (TPSA) is 37.4 Å². The minimum absolute atomic E-state index is 0.0424. The maximum Gasteiger partial charge on any atom is 0.245 e. The van der Waals surface area contributed by atoms with E-state index in [9.17, 15) is 14.0 Å². The van der Waals surface area contributed by atoms with Crippen molar-refractivity contribution in [2.75, 3.05) is 11.4 Å². The molecule has 0 saturated heterocycles. The van der Waals surface area contributed by atoms with Crippen molar-refractivity contribution in [3.63, 3.8) is 0 Å². The average Bonchev–Trinajstić information content (AvgIpc) is 2.66. The van der Waals surface area contributed by atoms with Gasteiger partial charge in [0.25, 0.3) is 0 Å². The van der Waals surface area contributed by atoms with Crippen molar-refractivity contribution >= 4 is 17.4 Å². The van der Waals surface area contributed by atoms with E-state index in [-0.39, 0.29) is 17.5 Å². The summed E-state index contributed by atoms with van der Waals surface area (Å²) in [7, 11) is 0.